The van der Waals surface area contributed by atoms with Crippen molar-refractivity contribution in [3.63, 3.8) is 0 Å². The summed E-state index contributed by atoms with van der Waals surface area (Å²) < 4.78 is 5.03. The molecular formula is C11H9ClN2O2. The fraction of sp³-hybridized carbons (Fsp3) is 0.273. The highest BCUT2D eigenvalue weighted by Gasteiger charge is 2.32. The molecule has 1 aromatic carbocycles. The second-order valence-corrected chi connectivity index (χ2v) is 3.84. The van der Waals surface area contributed by atoms with Gasteiger partial charge in [-0.3, -0.25) is 4.90 Å². The normalized spacial score (nSPS) is 19.4. The van der Waals surface area contributed by atoms with Crippen molar-refractivity contribution in [3.05, 3.63) is 29.3 Å². The molecule has 0 saturated carbocycles. The summed E-state index contributed by atoms with van der Waals surface area (Å²) in [6.07, 6.45) is -0.616. The number of cyclic esters (lactones) is 1. The van der Waals surface area contributed by atoms with Crippen molar-refractivity contribution in [1.29, 1.82) is 5.26 Å². The number of benzene rings is 1. The lowest BCUT2D eigenvalue weighted by molar-refractivity contribution is 0.143. The molecule has 5 heteroatoms. The van der Waals surface area contributed by atoms with E-state index in [1.54, 1.807) is 24.3 Å². The molecular weight excluding hydrogens is 228 g/mol. The fourth-order valence-electron chi connectivity index (χ4n) is 1.60. The first-order valence-electron chi connectivity index (χ1n) is 4.82. The molecule has 4 nitrogen and oxygen atoms in total. The van der Waals surface area contributed by atoms with Gasteiger partial charge in [0.05, 0.1) is 29.7 Å². The summed E-state index contributed by atoms with van der Waals surface area (Å²) in [6, 6.07) is 9.03. The second-order valence-electron chi connectivity index (χ2n) is 3.43. The topological polar surface area (TPSA) is 53.3 Å². The molecule has 1 aliphatic heterocycles. The van der Waals surface area contributed by atoms with E-state index >= 15 is 0 Å². The van der Waals surface area contributed by atoms with Gasteiger partial charge in [-0.05, 0) is 12.1 Å². The molecule has 0 spiro atoms. The third kappa shape index (κ3) is 1.95. The number of rotatable bonds is 2. The van der Waals surface area contributed by atoms with Gasteiger partial charge in [-0.1, -0.05) is 23.7 Å². The van der Waals surface area contributed by atoms with Gasteiger partial charge in [0.1, 0.15) is 6.10 Å². The highest BCUT2D eigenvalue weighted by atomic mass is 35.5. The van der Waals surface area contributed by atoms with E-state index in [9.17, 15) is 4.79 Å². The molecule has 1 unspecified atom stereocenters. The third-order valence-corrected chi connectivity index (χ3v) is 2.66. The number of ether oxygens (including phenoxy) is 1. The van der Waals surface area contributed by atoms with Gasteiger partial charge in [0.2, 0.25) is 0 Å². The molecule has 0 aromatic heterocycles. The van der Waals surface area contributed by atoms with E-state index in [0.717, 1.165) is 0 Å². The molecule has 1 aliphatic rings. The van der Waals surface area contributed by atoms with Crippen molar-refractivity contribution in [2.75, 3.05) is 11.4 Å². The first-order valence-corrected chi connectivity index (χ1v) is 5.20. The summed E-state index contributed by atoms with van der Waals surface area (Å²) in [5, 5.41) is 9.04. The summed E-state index contributed by atoms with van der Waals surface area (Å²) >= 11 is 5.98. The van der Waals surface area contributed by atoms with Gasteiger partial charge in [0.25, 0.3) is 0 Å². The fourth-order valence-corrected chi connectivity index (χ4v) is 1.83. The standard InChI is InChI=1S/C11H9ClN2O2/c12-9-3-1-2-4-10(9)14-7-8(5-6-13)16-11(14)15/h1-4,8H,5,7H2. The van der Waals surface area contributed by atoms with Crippen LogP contribution in [0.15, 0.2) is 24.3 Å². The van der Waals surface area contributed by atoms with Crippen molar-refractivity contribution in [3.8, 4) is 6.07 Å². The van der Waals surface area contributed by atoms with Crippen molar-refractivity contribution in [2.45, 2.75) is 12.5 Å². The van der Waals surface area contributed by atoms with Crippen LogP contribution in [0, 0.1) is 11.3 Å². The van der Waals surface area contributed by atoms with Crippen LogP contribution in [0.1, 0.15) is 6.42 Å². The number of anilines is 1. The Labute approximate surface area is 98.0 Å². The van der Waals surface area contributed by atoms with E-state index in [4.69, 9.17) is 21.6 Å². The lowest BCUT2D eigenvalue weighted by Gasteiger charge is -2.13. The smallest absolute Gasteiger partial charge is 0.414 e. The van der Waals surface area contributed by atoms with Crippen LogP contribution in [-0.2, 0) is 4.74 Å². The van der Waals surface area contributed by atoms with Gasteiger partial charge >= 0.3 is 6.09 Å². The third-order valence-electron chi connectivity index (χ3n) is 2.34. The molecule has 1 aromatic rings. The zero-order chi connectivity index (χ0) is 11.5. The number of para-hydroxylation sites is 1. The summed E-state index contributed by atoms with van der Waals surface area (Å²) in [7, 11) is 0. The number of nitriles is 1. The first kappa shape index (κ1) is 10.8. The molecule has 1 atom stereocenters. The Bertz CT molecular complexity index is 456. The van der Waals surface area contributed by atoms with E-state index < -0.39 is 6.09 Å². The molecule has 0 aliphatic carbocycles. The van der Waals surface area contributed by atoms with Gasteiger partial charge in [0.15, 0.2) is 0 Å². The molecule has 0 radical (unpaired) electrons. The van der Waals surface area contributed by atoms with E-state index in [1.807, 2.05) is 6.07 Å². The largest absolute Gasteiger partial charge is 0.443 e. The molecule has 2 rings (SSSR count). The predicted molar refractivity (Wildman–Crippen MR) is 59.3 cm³/mol. The molecule has 1 fully saturated rings. The van der Waals surface area contributed by atoms with E-state index in [1.165, 1.54) is 4.90 Å². The van der Waals surface area contributed by atoms with Crippen molar-refractivity contribution in [1.82, 2.24) is 0 Å². The number of nitrogens with zero attached hydrogens (tertiary/aromatic N) is 2. The molecule has 1 saturated heterocycles. The average Bonchev–Trinajstić information content (AvgIpc) is 2.61. The lowest BCUT2D eigenvalue weighted by Crippen LogP contribution is -2.24. The van der Waals surface area contributed by atoms with Crippen LogP contribution in [0.2, 0.25) is 5.02 Å². The minimum atomic E-state index is -0.451. The first-order chi connectivity index (χ1) is 7.72. The monoisotopic (exact) mass is 236 g/mol. The molecule has 16 heavy (non-hydrogen) atoms. The minimum absolute atomic E-state index is 0.201. The number of hydrogen-bond donors (Lipinski definition) is 0. The Morgan fingerprint density at radius 1 is 1.56 bits per heavy atom. The Balaban J connectivity index is 2.21. The number of carbonyl (C=O) groups excluding carboxylic acids is 1. The predicted octanol–water partition coefficient (Wildman–Crippen LogP) is 2.58. The van der Waals surface area contributed by atoms with Crippen LogP contribution < -0.4 is 4.90 Å². The van der Waals surface area contributed by atoms with Gasteiger partial charge in [-0.2, -0.15) is 5.26 Å². The van der Waals surface area contributed by atoms with Crippen LogP contribution in [-0.4, -0.2) is 18.7 Å². The van der Waals surface area contributed by atoms with E-state index in [0.29, 0.717) is 17.3 Å². The van der Waals surface area contributed by atoms with Crippen molar-refractivity contribution >= 4 is 23.4 Å². The van der Waals surface area contributed by atoms with Crippen LogP contribution in [0.25, 0.3) is 0 Å². The molecule has 82 valence electrons. The highest BCUT2D eigenvalue weighted by Crippen LogP contribution is 2.29. The quantitative estimate of drug-likeness (QED) is 0.793. The summed E-state index contributed by atoms with van der Waals surface area (Å²) in [6.45, 7) is 0.371. The number of amides is 1. The summed E-state index contributed by atoms with van der Waals surface area (Å²) in [5.41, 5.74) is 0.620. The maximum atomic E-state index is 11.5. The Morgan fingerprint density at radius 3 is 3.00 bits per heavy atom. The maximum Gasteiger partial charge on any atom is 0.414 e. The number of hydrogen-bond acceptors (Lipinski definition) is 3. The van der Waals surface area contributed by atoms with Gasteiger partial charge < -0.3 is 4.74 Å². The summed E-state index contributed by atoms with van der Waals surface area (Å²) in [5.74, 6) is 0. The van der Waals surface area contributed by atoms with Gasteiger partial charge in [-0.25, -0.2) is 4.79 Å². The van der Waals surface area contributed by atoms with Gasteiger partial charge in [-0.15, -0.1) is 0 Å². The summed E-state index contributed by atoms with van der Waals surface area (Å²) in [4.78, 5) is 13.0. The maximum absolute atomic E-state index is 11.5. The highest BCUT2D eigenvalue weighted by molar-refractivity contribution is 6.33. The average molecular weight is 237 g/mol. The molecule has 1 heterocycles. The molecule has 0 bridgehead atoms. The zero-order valence-corrected chi connectivity index (χ0v) is 9.15. The SMILES string of the molecule is N#CCC1CN(c2ccccc2Cl)C(=O)O1. The Hall–Kier alpha value is -1.73. The number of carbonyl (C=O) groups is 1. The van der Waals surface area contributed by atoms with Crippen molar-refractivity contribution in [2.24, 2.45) is 0 Å². The lowest BCUT2D eigenvalue weighted by atomic mass is 10.2. The number of halogens is 1. The Kier molecular flexibility index (Phi) is 2.97. The van der Waals surface area contributed by atoms with Crippen LogP contribution in [0.3, 0.4) is 0 Å². The van der Waals surface area contributed by atoms with Gasteiger partial charge in [0, 0.05) is 0 Å². The molecule has 1 amide bonds. The molecule has 0 N–H and O–H groups in total. The zero-order valence-electron chi connectivity index (χ0n) is 8.39. The van der Waals surface area contributed by atoms with Crippen LogP contribution in [0.5, 0.6) is 0 Å². The minimum Gasteiger partial charge on any atom is -0.443 e. The van der Waals surface area contributed by atoms with E-state index in [2.05, 4.69) is 0 Å². The van der Waals surface area contributed by atoms with E-state index in [-0.39, 0.29) is 12.5 Å². The van der Waals surface area contributed by atoms with Crippen LogP contribution >= 0.6 is 11.6 Å². The van der Waals surface area contributed by atoms with Crippen LogP contribution in [0.4, 0.5) is 10.5 Å². The van der Waals surface area contributed by atoms with Crippen molar-refractivity contribution < 1.29 is 9.53 Å². The Morgan fingerprint density at radius 2 is 2.31 bits per heavy atom. The second kappa shape index (κ2) is 4.42.